The van der Waals surface area contributed by atoms with Gasteiger partial charge in [-0.05, 0) is 19.3 Å². The number of hydrogen-bond donors (Lipinski definition) is 2. The first-order valence-corrected chi connectivity index (χ1v) is 9.62. The van der Waals surface area contributed by atoms with E-state index in [1.807, 2.05) is 4.90 Å². The third kappa shape index (κ3) is 5.07. The van der Waals surface area contributed by atoms with E-state index in [-0.39, 0.29) is 12.5 Å². The van der Waals surface area contributed by atoms with Crippen molar-refractivity contribution in [1.82, 2.24) is 19.8 Å². The van der Waals surface area contributed by atoms with Crippen LogP contribution in [0, 0.1) is 0 Å². The van der Waals surface area contributed by atoms with E-state index in [0.29, 0.717) is 38.1 Å². The molecule has 1 unspecified atom stereocenters. The van der Waals surface area contributed by atoms with E-state index in [0.717, 1.165) is 12.8 Å². The fourth-order valence-corrected chi connectivity index (χ4v) is 3.85. The van der Waals surface area contributed by atoms with Crippen molar-refractivity contribution in [2.75, 3.05) is 40.3 Å². The number of nitrogens with one attached hydrogen (secondary N) is 2. The topological polar surface area (TPSA) is 94.1 Å². The number of hydrogen-bond acceptors (Lipinski definition) is 4. The molecule has 132 valence electrons. The third-order valence-corrected chi connectivity index (χ3v) is 5.96. The summed E-state index contributed by atoms with van der Waals surface area (Å²) in [7, 11) is 0.107. The average molecular weight is 345 g/mol. The lowest BCUT2D eigenvalue weighted by Crippen LogP contribution is -2.44. The van der Waals surface area contributed by atoms with Crippen molar-refractivity contribution in [3.05, 3.63) is 0 Å². The zero-order chi connectivity index (χ0) is 17.0. The Morgan fingerprint density at radius 3 is 2.57 bits per heavy atom. The van der Waals surface area contributed by atoms with Gasteiger partial charge in [0.05, 0.1) is 5.25 Å². The summed E-state index contributed by atoms with van der Waals surface area (Å²) in [4.78, 5) is 19.6. The van der Waals surface area contributed by atoms with Crippen LogP contribution < -0.4 is 10.0 Å². The number of likely N-dealkylation sites (N-methyl/N-ethyl adjacent to an activating group) is 1. The first-order chi connectivity index (χ1) is 10.8. The second kappa shape index (κ2) is 7.48. The van der Waals surface area contributed by atoms with Crippen molar-refractivity contribution in [3.8, 4) is 0 Å². The Morgan fingerprint density at radius 2 is 2.00 bits per heavy atom. The molecule has 1 amide bonds. The van der Waals surface area contributed by atoms with Gasteiger partial charge in [-0.1, -0.05) is 6.92 Å². The molecule has 0 spiro atoms. The van der Waals surface area contributed by atoms with Crippen LogP contribution in [0.2, 0.25) is 0 Å². The van der Waals surface area contributed by atoms with Crippen LogP contribution in [0.25, 0.3) is 0 Å². The van der Waals surface area contributed by atoms with Gasteiger partial charge in [0.15, 0.2) is 5.96 Å². The highest BCUT2D eigenvalue weighted by molar-refractivity contribution is 7.90. The summed E-state index contributed by atoms with van der Waals surface area (Å²) in [6.45, 7) is 3.29. The van der Waals surface area contributed by atoms with Crippen LogP contribution in [0.15, 0.2) is 4.99 Å². The van der Waals surface area contributed by atoms with Crippen molar-refractivity contribution in [2.24, 2.45) is 4.99 Å². The molecule has 2 rings (SSSR count). The molecule has 2 aliphatic rings. The first kappa shape index (κ1) is 18.0. The standard InChI is InChI=1S/C14H27N5O3S/c1-4-16-23(21,22)12-7-8-19(10-12)14(17-11-5-6-11)15-9-13(20)18(2)3/h11-12,16H,4-10H2,1-3H3,(H,15,17). The molecule has 2 N–H and O–H groups in total. The Kier molecular flexibility index (Phi) is 5.85. The number of carbonyl (C=O) groups is 1. The summed E-state index contributed by atoms with van der Waals surface area (Å²) in [5, 5.41) is 2.89. The van der Waals surface area contributed by atoms with Crippen LogP contribution in [0.3, 0.4) is 0 Å². The van der Waals surface area contributed by atoms with Crippen LogP contribution in [0.4, 0.5) is 0 Å². The summed E-state index contributed by atoms with van der Waals surface area (Å²) in [5.74, 6) is 0.577. The van der Waals surface area contributed by atoms with Gasteiger partial charge >= 0.3 is 0 Å². The second-order valence-corrected chi connectivity index (χ2v) is 8.29. The molecule has 9 heteroatoms. The molecule has 1 heterocycles. The van der Waals surface area contributed by atoms with E-state index in [9.17, 15) is 13.2 Å². The third-order valence-electron chi connectivity index (χ3n) is 4.00. The Bertz CT molecular complexity index is 557. The fourth-order valence-electron chi connectivity index (χ4n) is 2.42. The SMILES string of the molecule is CCNS(=O)(=O)C1CCN(C(=NCC(=O)N(C)C)NC2CC2)C1. The van der Waals surface area contributed by atoms with Crippen LogP contribution in [-0.2, 0) is 14.8 Å². The number of likely N-dealkylation sites (tertiary alicyclic amines) is 1. The molecule has 23 heavy (non-hydrogen) atoms. The highest BCUT2D eigenvalue weighted by atomic mass is 32.2. The predicted octanol–water partition coefficient (Wildman–Crippen LogP) is -0.804. The predicted molar refractivity (Wildman–Crippen MR) is 89.7 cm³/mol. The molecule has 1 saturated heterocycles. The maximum Gasteiger partial charge on any atom is 0.243 e. The van der Waals surface area contributed by atoms with E-state index in [1.165, 1.54) is 4.90 Å². The number of nitrogens with zero attached hydrogens (tertiary/aromatic N) is 3. The summed E-state index contributed by atoms with van der Waals surface area (Å²) in [5.41, 5.74) is 0. The molecular weight excluding hydrogens is 318 g/mol. The van der Waals surface area contributed by atoms with Crippen molar-refractivity contribution in [2.45, 2.75) is 37.5 Å². The Hall–Kier alpha value is -1.35. The van der Waals surface area contributed by atoms with Crippen LogP contribution in [0.1, 0.15) is 26.2 Å². The molecule has 0 radical (unpaired) electrons. The lowest BCUT2D eigenvalue weighted by Gasteiger charge is -2.22. The van der Waals surface area contributed by atoms with Crippen LogP contribution in [-0.4, -0.2) is 81.7 Å². The molecule has 8 nitrogen and oxygen atoms in total. The van der Waals surface area contributed by atoms with Gasteiger partial charge in [-0.2, -0.15) is 0 Å². The summed E-state index contributed by atoms with van der Waals surface area (Å²) in [6.07, 6.45) is 2.75. The second-order valence-electron chi connectivity index (χ2n) is 6.25. The van der Waals surface area contributed by atoms with Crippen molar-refractivity contribution in [1.29, 1.82) is 0 Å². The van der Waals surface area contributed by atoms with Gasteiger partial charge in [-0.15, -0.1) is 0 Å². The minimum Gasteiger partial charge on any atom is -0.353 e. The minimum absolute atomic E-state index is 0.0726. The molecule has 0 aromatic carbocycles. The molecule has 1 aliphatic carbocycles. The lowest BCUT2D eigenvalue weighted by molar-refractivity contribution is -0.127. The largest absolute Gasteiger partial charge is 0.353 e. The molecule has 0 bridgehead atoms. The number of amides is 1. The molecule has 0 aromatic heterocycles. The maximum absolute atomic E-state index is 12.1. The summed E-state index contributed by atoms with van der Waals surface area (Å²) in [6, 6.07) is 0.396. The van der Waals surface area contributed by atoms with Gasteiger partial charge in [-0.25, -0.2) is 18.1 Å². The van der Waals surface area contributed by atoms with E-state index < -0.39 is 15.3 Å². The van der Waals surface area contributed by atoms with Crippen molar-refractivity contribution in [3.63, 3.8) is 0 Å². The molecular formula is C14H27N5O3S. The highest BCUT2D eigenvalue weighted by Gasteiger charge is 2.35. The average Bonchev–Trinajstić information content (AvgIpc) is 3.15. The monoisotopic (exact) mass is 345 g/mol. The number of carbonyl (C=O) groups excluding carboxylic acids is 1. The molecule has 1 aliphatic heterocycles. The normalized spacial score (nSPS) is 22.3. The number of aliphatic imine (C=N–C) groups is 1. The summed E-state index contributed by atoms with van der Waals surface area (Å²) >= 11 is 0. The number of guanidine groups is 1. The van der Waals surface area contributed by atoms with Gasteiger partial charge < -0.3 is 15.1 Å². The molecule has 2 fully saturated rings. The first-order valence-electron chi connectivity index (χ1n) is 8.08. The molecule has 0 aromatic rings. The van der Waals surface area contributed by atoms with Gasteiger partial charge in [0.1, 0.15) is 6.54 Å². The maximum atomic E-state index is 12.1. The van der Waals surface area contributed by atoms with Crippen molar-refractivity contribution < 1.29 is 13.2 Å². The van der Waals surface area contributed by atoms with Gasteiger partial charge in [-0.3, -0.25) is 4.79 Å². The van der Waals surface area contributed by atoms with E-state index >= 15 is 0 Å². The fraction of sp³-hybridized carbons (Fsp3) is 0.857. The Morgan fingerprint density at radius 1 is 1.30 bits per heavy atom. The van der Waals surface area contributed by atoms with E-state index in [1.54, 1.807) is 21.0 Å². The van der Waals surface area contributed by atoms with Gasteiger partial charge in [0.2, 0.25) is 15.9 Å². The van der Waals surface area contributed by atoms with E-state index in [4.69, 9.17) is 0 Å². The van der Waals surface area contributed by atoms with Gasteiger partial charge in [0, 0.05) is 39.8 Å². The molecule has 1 saturated carbocycles. The zero-order valence-electron chi connectivity index (χ0n) is 14.1. The van der Waals surface area contributed by atoms with Crippen LogP contribution in [0.5, 0.6) is 0 Å². The smallest absolute Gasteiger partial charge is 0.243 e. The van der Waals surface area contributed by atoms with Crippen molar-refractivity contribution >= 4 is 21.9 Å². The molecule has 1 atom stereocenters. The summed E-state index contributed by atoms with van der Waals surface area (Å²) < 4.78 is 26.8. The quantitative estimate of drug-likeness (QED) is 0.485. The van der Waals surface area contributed by atoms with E-state index in [2.05, 4.69) is 15.0 Å². The Balaban J connectivity index is 2.02. The zero-order valence-corrected chi connectivity index (χ0v) is 14.9. The highest BCUT2D eigenvalue weighted by Crippen LogP contribution is 2.21. The number of rotatable bonds is 6. The lowest BCUT2D eigenvalue weighted by atomic mass is 10.4. The Labute approximate surface area is 138 Å². The van der Waals surface area contributed by atoms with Gasteiger partial charge in [0.25, 0.3) is 0 Å². The van der Waals surface area contributed by atoms with Crippen LogP contribution >= 0.6 is 0 Å². The number of sulfonamides is 1. The minimum atomic E-state index is -3.28.